The van der Waals surface area contributed by atoms with Gasteiger partial charge in [0.25, 0.3) is 0 Å². The van der Waals surface area contributed by atoms with E-state index in [4.69, 9.17) is 14.0 Å². The lowest BCUT2D eigenvalue weighted by Crippen LogP contribution is -2.29. The van der Waals surface area contributed by atoms with E-state index in [1.54, 1.807) is 0 Å². The highest BCUT2D eigenvalue weighted by atomic mass is 31.2. The van der Waals surface area contributed by atoms with Gasteiger partial charge >= 0.3 is 19.8 Å². The number of carbonyl (C=O) groups excluding carboxylic acids is 2. The zero-order chi connectivity index (χ0) is 38.2. The summed E-state index contributed by atoms with van der Waals surface area (Å²) >= 11 is 0. The molecule has 0 aliphatic heterocycles. The summed E-state index contributed by atoms with van der Waals surface area (Å²) in [6, 6.07) is 0. The summed E-state index contributed by atoms with van der Waals surface area (Å²) < 4.78 is 31.9. The minimum Gasteiger partial charge on any atom is -0.462 e. The van der Waals surface area contributed by atoms with Crippen LogP contribution in [0.3, 0.4) is 0 Å². The minimum absolute atomic E-state index is 0.217. The highest BCUT2D eigenvalue weighted by Gasteiger charge is 2.24. The molecule has 0 amide bonds. The van der Waals surface area contributed by atoms with Crippen LogP contribution in [0.4, 0.5) is 0 Å². The van der Waals surface area contributed by atoms with Crippen LogP contribution in [-0.4, -0.2) is 43.3 Å². The molecule has 0 fully saturated rings. The van der Waals surface area contributed by atoms with Crippen LogP contribution in [0, 0.1) is 0 Å². The van der Waals surface area contributed by atoms with Gasteiger partial charge in [0.1, 0.15) is 6.61 Å². The second kappa shape index (κ2) is 39.7. The maximum Gasteiger partial charge on any atom is 0.472 e. The number of phosphoric acid groups is 1. The fourth-order valence-corrected chi connectivity index (χ4v) is 7.12. The van der Waals surface area contributed by atoms with Crippen molar-refractivity contribution in [3.8, 4) is 0 Å². The van der Waals surface area contributed by atoms with Crippen LogP contribution in [0.25, 0.3) is 0 Å². The number of ether oxygens (including phenoxy) is 2. The van der Waals surface area contributed by atoms with E-state index in [9.17, 15) is 19.0 Å². The van der Waals surface area contributed by atoms with Crippen molar-refractivity contribution in [2.24, 2.45) is 0 Å². The smallest absolute Gasteiger partial charge is 0.462 e. The van der Waals surface area contributed by atoms with Crippen molar-refractivity contribution in [2.45, 2.75) is 245 Å². The third kappa shape index (κ3) is 38.8. The Bertz CT molecular complexity index is 823. The van der Waals surface area contributed by atoms with Crippen molar-refractivity contribution in [1.29, 1.82) is 0 Å². The Kier molecular flexibility index (Phi) is 39.0. The third-order valence-corrected chi connectivity index (χ3v) is 11.0. The van der Waals surface area contributed by atoms with Gasteiger partial charge in [-0.1, -0.05) is 213 Å². The van der Waals surface area contributed by atoms with Crippen LogP contribution in [-0.2, 0) is 32.7 Å². The van der Waals surface area contributed by atoms with Gasteiger partial charge in [-0.25, -0.2) is 4.57 Å². The predicted octanol–water partition coefficient (Wildman–Crippen LogP) is 13.9. The first-order valence-electron chi connectivity index (χ1n) is 22.2. The van der Waals surface area contributed by atoms with Gasteiger partial charge < -0.3 is 14.4 Å². The molecule has 0 aromatic rings. The molecule has 0 radical (unpaired) electrons. The zero-order valence-electron chi connectivity index (χ0n) is 34.5. The predicted molar refractivity (Wildman–Crippen MR) is 217 cm³/mol. The average Bonchev–Trinajstić information content (AvgIpc) is 3.13. The number of hydrogen-bond donors (Lipinski definition) is 1. The topological polar surface area (TPSA) is 108 Å². The Morgan fingerprint density at radius 2 is 0.750 bits per heavy atom. The average molecular weight is 761 g/mol. The van der Waals surface area contributed by atoms with E-state index in [1.807, 2.05) is 0 Å². The van der Waals surface area contributed by atoms with Crippen LogP contribution >= 0.6 is 7.82 Å². The van der Waals surface area contributed by atoms with Crippen molar-refractivity contribution in [1.82, 2.24) is 0 Å². The Balaban J connectivity index is 3.83. The molecule has 0 aliphatic carbocycles. The molecule has 1 N–H and O–H groups in total. The van der Waals surface area contributed by atoms with Gasteiger partial charge in [0.05, 0.1) is 6.61 Å². The number of unbranched alkanes of at least 4 members (excludes halogenated alkanes) is 31. The van der Waals surface area contributed by atoms with Crippen LogP contribution in [0.1, 0.15) is 239 Å². The molecular weight excluding hydrogens is 675 g/mol. The van der Waals surface area contributed by atoms with E-state index in [2.05, 4.69) is 18.4 Å². The maximum atomic E-state index is 12.5. The molecule has 8 nitrogen and oxygen atoms in total. The number of hydrogen-bond acceptors (Lipinski definition) is 7. The summed E-state index contributed by atoms with van der Waals surface area (Å²) in [4.78, 5) is 34.4. The molecule has 0 heterocycles. The molecule has 0 aliphatic rings. The molecule has 0 bridgehead atoms. The highest BCUT2D eigenvalue weighted by molar-refractivity contribution is 7.47. The first-order valence-corrected chi connectivity index (χ1v) is 23.7. The molecule has 0 rings (SSSR count). The number of carbonyl (C=O) groups is 2. The molecule has 310 valence electrons. The lowest BCUT2D eigenvalue weighted by atomic mass is 10.0. The summed E-state index contributed by atoms with van der Waals surface area (Å²) in [5.41, 5.74) is 0. The molecule has 0 saturated heterocycles. The second-order valence-corrected chi connectivity index (χ2v) is 16.8. The summed E-state index contributed by atoms with van der Waals surface area (Å²) in [6.07, 6.45) is 41.7. The van der Waals surface area contributed by atoms with E-state index in [0.717, 1.165) is 45.6 Å². The van der Waals surface area contributed by atoms with Crippen LogP contribution in [0.5, 0.6) is 0 Å². The van der Waals surface area contributed by atoms with Gasteiger partial charge in [0.2, 0.25) is 0 Å². The molecule has 0 aromatic carbocycles. The lowest BCUT2D eigenvalue weighted by Gasteiger charge is -2.19. The summed E-state index contributed by atoms with van der Waals surface area (Å²) in [6.45, 7) is 3.90. The Labute approximate surface area is 321 Å². The second-order valence-electron chi connectivity index (χ2n) is 15.2. The third-order valence-electron chi connectivity index (χ3n) is 10.1. The maximum absolute atomic E-state index is 12.5. The zero-order valence-corrected chi connectivity index (χ0v) is 35.4. The van der Waals surface area contributed by atoms with Gasteiger partial charge in [0.15, 0.2) is 6.10 Å². The van der Waals surface area contributed by atoms with Crippen LogP contribution in [0.2, 0.25) is 0 Å². The van der Waals surface area contributed by atoms with Gasteiger partial charge in [-0.2, -0.15) is 0 Å². The Morgan fingerprint density at radius 3 is 1.06 bits per heavy atom. The van der Waals surface area contributed by atoms with Crippen molar-refractivity contribution in [3.63, 3.8) is 0 Å². The quantitative estimate of drug-likeness (QED) is 0.0372. The first-order chi connectivity index (χ1) is 25.3. The van der Waals surface area contributed by atoms with Crippen molar-refractivity contribution in [2.75, 3.05) is 20.3 Å². The first kappa shape index (κ1) is 51.0. The van der Waals surface area contributed by atoms with E-state index in [-0.39, 0.29) is 19.0 Å². The van der Waals surface area contributed by atoms with Gasteiger partial charge in [-0.3, -0.25) is 18.6 Å². The largest absolute Gasteiger partial charge is 0.472 e. The number of phosphoric ester groups is 1. The summed E-state index contributed by atoms with van der Waals surface area (Å²) in [7, 11) is -3.18. The normalized spacial score (nSPS) is 13.2. The molecule has 2 unspecified atom stereocenters. The van der Waals surface area contributed by atoms with Gasteiger partial charge in [-0.15, -0.1) is 0 Å². The molecule has 0 aromatic heterocycles. The van der Waals surface area contributed by atoms with E-state index in [1.165, 1.54) is 173 Å². The fraction of sp³-hybridized carbons (Fsp3) is 0.953. The van der Waals surface area contributed by atoms with Gasteiger partial charge in [-0.05, 0) is 12.8 Å². The van der Waals surface area contributed by atoms with E-state index >= 15 is 0 Å². The van der Waals surface area contributed by atoms with Crippen LogP contribution < -0.4 is 0 Å². The SMILES string of the molecule is CCCCCCCCCCCCCCCCCCCCCCCCCC(=O)OC(COC(=O)CCCCCCCCCCCC)COP(=O)(O)OC. The van der Waals surface area contributed by atoms with Crippen molar-refractivity contribution in [3.05, 3.63) is 0 Å². The molecule has 0 saturated carbocycles. The molecule has 0 spiro atoms. The Hall–Kier alpha value is -0.950. The molecular formula is C43H85O8P. The number of esters is 2. The summed E-state index contributed by atoms with van der Waals surface area (Å²) in [5, 5.41) is 0. The fourth-order valence-electron chi connectivity index (χ4n) is 6.66. The molecule has 52 heavy (non-hydrogen) atoms. The number of rotatable bonds is 42. The van der Waals surface area contributed by atoms with Crippen molar-refractivity contribution < 1.29 is 37.6 Å². The minimum atomic E-state index is -4.25. The highest BCUT2D eigenvalue weighted by Crippen LogP contribution is 2.42. The molecule has 9 heteroatoms. The van der Waals surface area contributed by atoms with Crippen LogP contribution in [0.15, 0.2) is 0 Å². The standard InChI is InChI=1S/C43H85O8P/c1-4-6-8-10-12-14-16-17-18-19-20-21-22-23-24-25-26-27-28-30-32-34-36-38-43(45)51-41(40-50-52(46,47)48-3)39-49-42(44)37-35-33-31-29-15-13-11-9-7-5-2/h41H,4-40H2,1-3H3,(H,46,47). The van der Waals surface area contributed by atoms with E-state index in [0.29, 0.717) is 6.42 Å². The monoisotopic (exact) mass is 761 g/mol. The molecule has 2 atom stereocenters. The Morgan fingerprint density at radius 1 is 0.462 bits per heavy atom. The summed E-state index contributed by atoms with van der Waals surface area (Å²) in [5.74, 6) is -0.789. The van der Waals surface area contributed by atoms with Crippen molar-refractivity contribution >= 4 is 19.8 Å². The lowest BCUT2D eigenvalue weighted by molar-refractivity contribution is -0.161. The van der Waals surface area contributed by atoms with Gasteiger partial charge in [0, 0.05) is 20.0 Å². The van der Waals surface area contributed by atoms with E-state index < -0.39 is 26.5 Å².